The number of thiazole rings is 1. The second-order valence-electron chi connectivity index (χ2n) is 3.67. The highest BCUT2D eigenvalue weighted by Crippen LogP contribution is 2.34. The van der Waals surface area contributed by atoms with Crippen molar-refractivity contribution < 1.29 is 9.13 Å². The van der Waals surface area contributed by atoms with Crippen LogP contribution in [0.25, 0.3) is 0 Å². The highest BCUT2D eigenvalue weighted by molar-refractivity contribution is 8.00. The van der Waals surface area contributed by atoms with E-state index in [0.717, 1.165) is 15.5 Å². The van der Waals surface area contributed by atoms with Crippen LogP contribution < -0.4 is 10.5 Å². The van der Waals surface area contributed by atoms with E-state index in [1.54, 1.807) is 24.9 Å². The highest BCUT2D eigenvalue weighted by atomic mass is 32.2. The summed E-state index contributed by atoms with van der Waals surface area (Å²) in [7, 11) is 1.58. The number of nitrogens with zero attached hydrogens (tertiary/aromatic N) is 1. The topological polar surface area (TPSA) is 48.1 Å². The zero-order valence-electron chi connectivity index (χ0n) is 10.1. The molecule has 2 N–H and O–H groups in total. The number of ether oxygens (including phenoxy) is 1. The largest absolute Gasteiger partial charge is 0.496 e. The van der Waals surface area contributed by atoms with Crippen molar-refractivity contribution in [2.45, 2.75) is 16.9 Å². The molecule has 3 nitrogen and oxygen atoms in total. The first-order chi connectivity index (χ1) is 8.60. The lowest BCUT2D eigenvalue weighted by Gasteiger charge is -2.07. The molecule has 0 saturated heterocycles. The molecule has 0 atom stereocenters. The third kappa shape index (κ3) is 2.94. The summed E-state index contributed by atoms with van der Waals surface area (Å²) < 4.78 is 19.5. The Bertz CT molecular complexity index is 557. The molecule has 96 valence electrons. The summed E-state index contributed by atoms with van der Waals surface area (Å²) in [5.41, 5.74) is 7.38. The fourth-order valence-corrected chi connectivity index (χ4v) is 3.54. The van der Waals surface area contributed by atoms with Crippen molar-refractivity contribution in [1.29, 1.82) is 0 Å². The Kier molecular flexibility index (Phi) is 4.08. The van der Waals surface area contributed by atoms with Gasteiger partial charge in [0.15, 0.2) is 5.13 Å². The van der Waals surface area contributed by atoms with E-state index in [1.807, 2.05) is 6.92 Å². The maximum atomic E-state index is 13.2. The molecule has 0 saturated carbocycles. The molecule has 1 heterocycles. The van der Waals surface area contributed by atoms with Crippen LogP contribution in [-0.2, 0) is 5.75 Å². The number of nitrogen functional groups attached to an aromatic ring is 1. The molecule has 0 radical (unpaired) electrons. The zero-order chi connectivity index (χ0) is 13.1. The van der Waals surface area contributed by atoms with Crippen LogP contribution in [0.15, 0.2) is 22.4 Å². The van der Waals surface area contributed by atoms with Gasteiger partial charge >= 0.3 is 0 Å². The van der Waals surface area contributed by atoms with Crippen LogP contribution in [0, 0.1) is 12.7 Å². The van der Waals surface area contributed by atoms with Gasteiger partial charge in [0.2, 0.25) is 0 Å². The van der Waals surface area contributed by atoms with E-state index in [1.165, 1.54) is 23.5 Å². The quantitative estimate of drug-likeness (QED) is 0.873. The van der Waals surface area contributed by atoms with Gasteiger partial charge < -0.3 is 10.5 Å². The fourth-order valence-electron chi connectivity index (χ4n) is 1.54. The second-order valence-corrected chi connectivity index (χ2v) is 5.94. The first kappa shape index (κ1) is 13.2. The normalized spacial score (nSPS) is 10.6. The molecule has 1 aromatic heterocycles. The monoisotopic (exact) mass is 284 g/mol. The number of aromatic nitrogens is 1. The molecule has 0 aliphatic rings. The third-order valence-corrected chi connectivity index (χ3v) is 4.77. The Labute approximate surface area is 113 Å². The number of hydrogen-bond donors (Lipinski definition) is 1. The van der Waals surface area contributed by atoms with Gasteiger partial charge in [-0.25, -0.2) is 9.37 Å². The van der Waals surface area contributed by atoms with Crippen LogP contribution in [0.1, 0.15) is 11.3 Å². The summed E-state index contributed by atoms with van der Waals surface area (Å²) in [5, 5.41) is 0.557. The fraction of sp³-hybridized carbons (Fsp3) is 0.250. The van der Waals surface area contributed by atoms with Crippen molar-refractivity contribution in [3.63, 3.8) is 0 Å². The van der Waals surface area contributed by atoms with E-state index in [9.17, 15) is 4.39 Å². The molecule has 0 unspecified atom stereocenters. The molecular weight excluding hydrogens is 271 g/mol. The number of anilines is 1. The van der Waals surface area contributed by atoms with Gasteiger partial charge in [-0.05, 0) is 25.1 Å². The molecule has 2 rings (SSSR count). The maximum Gasteiger partial charge on any atom is 0.181 e. The van der Waals surface area contributed by atoms with Gasteiger partial charge in [0.1, 0.15) is 11.6 Å². The van der Waals surface area contributed by atoms with Crippen molar-refractivity contribution in [2.75, 3.05) is 12.8 Å². The van der Waals surface area contributed by atoms with Crippen molar-refractivity contribution >= 4 is 28.2 Å². The molecule has 6 heteroatoms. The number of methoxy groups -OCH3 is 1. The molecule has 0 amide bonds. The minimum atomic E-state index is -0.257. The SMILES string of the molecule is COc1ccc(F)cc1CSc1sc(N)nc1C. The molecule has 18 heavy (non-hydrogen) atoms. The molecule has 0 aliphatic heterocycles. The lowest BCUT2D eigenvalue weighted by molar-refractivity contribution is 0.410. The van der Waals surface area contributed by atoms with Crippen LogP contribution in [0.4, 0.5) is 9.52 Å². The predicted molar refractivity (Wildman–Crippen MR) is 73.8 cm³/mol. The van der Waals surface area contributed by atoms with E-state index in [0.29, 0.717) is 16.6 Å². The summed E-state index contributed by atoms with van der Waals surface area (Å²) in [6.45, 7) is 1.91. The summed E-state index contributed by atoms with van der Waals surface area (Å²) in [5.74, 6) is 1.06. The van der Waals surface area contributed by atoms with Crippen molar-refractivity contribution in [1.82, 2.24) is 4.98 Å². The van der Waals surface area contributed by atoms with E-state index in [-0.39, 0.29) is 5.82 Å². The van der Waals surface area contributed by atoms with Gasteiger partial charge in [0, 0.05) is 11.3 Å². The lowest BCUT2D eigenvalue weighted by atomic mass is 10.2. The Morgan fingerprint density at radius 1 is 1.50 bits per heavy atom. The van der Waals surface area contributed by atoms with Crippen LogP contribution >= 0.6 is 23.1 Å². The summed E-state index contributed by atoms with van der Waals surface area (Å²) in [6.07, 6.45) is 0. The first-order valence-electron chi connectivity index (χ1n) is 5.28. The average Bonchev–Trinajstić information content (AvgIpc) is 2.65. The van der Waals surface area contributed by atoms with Crippen LogP contribution in [0.5, 0.6) is 5.75 Å². The molecule has 0 aliphatic carbocycles. The number of halogens is 1. The minimum Gasteiger partial charge on any atom is -0.496 e. The lowest BCUT2D eigenvalue weighted by Crippen LogP contribution is -1.91. The van der Waals surface area contributed by atoms with E-state index in [4.69, 9.17) is 10.5 Å². The molecule has 2 aromatic rings. The number of thioether (sulfide) groups is 1. The number of benzene rings is 1. The summed E-state index contributed by atoms with van der Waals surface area (Å²) >= 11 is 3.03. The maximum absolute atomic E-state index is 13.2. The van der Waals surface area contributed by atoms with Gasteiger partial charge in [0.05, 0.1) is 17.0 Å². The molecule has 0 spiro atoms. The molecule has 0 fully saturated rings. The molecular formula is C12H13FN2OS2. The van der Waals surface area contributed by atoms with Gasteiger partial charge in [0.25, 0.3) is 0 Å². The zero-order valence-corrected chi connectivity index (χ0v) is 11.7. The second kappa shape index (κ2) is 5.58. The van der Waals surface area contributed by atoms with E-state index >= 15 is 0 Å². The highest BCUT2D eigenvalue weighted by Gasteiger charge is 2.09. The molecule has 1 aromatic carbocycles. The number of aryl methyl sites for hydroxylation is 1. The third-order valence-electron chi connectivity index (χ3n) is 2.37. The minimum absolute atomic E-state index is 0.257. The van der Waals surface area contributed by atoms with Gasteiger partial charge in [-0.15, -0.1) is 11.8 Å². The van der Waals surface area contributed by atoms with Crippen molar-refractivity contribution in [3.8, 4) is 5.75 Å². The predicted octanol–water partition coefficient (Wildman–Crippen LogP) is 3.47. The summed E-state index contributed by atoms with van der Waals surface area (Å²) in [4.78, 5) is 4.15. The first-order valence-corrected chi connectivity index (χ1v) is 7.08. The van der Waals surface area contributed by atoms with Crippen LogP contribution in [0.2, 0.25) is 0 Å². The average molecular weight is 284 g/mol. The van der Waals surface area contributed by atoms with Gasteiger partial charge in [-0.3, -0.25) is 0 Å². The van der Waals surface area contributed by atoms with Gasteiger partial charge in [-0.1, -0.05) is 11.3 Å². The Hall–Kier alpha value is -1.27. The Balaban J connectivity index is 2.14. The van der Waals surface area contributed by atoms with E-state index in [2.05, 4.69) is 4.98 Å². The Morgan fingerprint density at radius 3 is 2.89 bits per heavy atom. The van der Waals surface area contributed by atoms with Crippen LogP contribution in [0.3, 0.4) is 0 Å². The van der Waals surface area contributed by atoms with Crippen molar-refractivity contribution in [2.24, 2.45) is 0 Å². The van der Waals surface area contributed by atoms with Crippen LogP contribution in [-0.4, -0.2) is 12.1 Å². The van der Waals surface area contributed by atoms with Gasteiger partial charge in [-0.2, -0.15) is 0 Å². The molecule has 0 bridgehead atoms. The summed E-state index contributed by atoms with van der Waals surface area (Å²) in [6, 6.07) is 4.52. The number of rotatable bonds is 4. The number of nitrogens with two attached hydrogens (primary N) is 1. The number of hydrogen-bond acceptors (Lipinski definition) is 5. The van der Waals surface area contributed by atoms with Crippen molar-refractivity contribution in [3.05, 3.63) is 35.3 Å². The smallest absolute Gasteiger partial charge is 0.181 e. The standard InChI is InChI=1S/C12H13FN2OS2/c1-7-11(18-12(14)15-7)17-6-8-5-9(13)3-4-10(8)16-2/h3-5H,6H2,1-2H3,(H2,14,15). The Morgan fingerprint density at radius 2 is 2.28 bits per heavy atom. The van der Waals surface area contributed by atoms with E-state index < -0.39 is 0 Å².